The zero-order valence-corrected chi connectivity index (χ0v) is 17.5. The molecule has 0 bridgehead atoms. The van der Waals surface area contributed by atoms with E-state index < -0.39 is 6.10 Å². The van der Waals surface area contributed by atoms with Gasteiger partial charge in [0.05, 0.1) is 6.54 Å². The number of halogens is 1. The first-order valence-corrected chi connectivity index (χ1v) is 10.3. The van der Waals surface area contributed by atoms with E-state index in [-0.39, 0.29) is 5.91 Å². The lowest BCUT2D eigenvalue weighted by molar-refractivity contribution is -0.139. The molecule has 4 rings (SSSR count). The number of hydrogen-bond acceptors (Lipinski definition) is 6. The molecular weight excluding hydrogens is 404 g/mol. The SMILES string of the molecule is CC(Oc1ccccc1)C(=O)N1CCN(Cc2nc(-c3ccc(Cl)cc3)no2)CC1. The quantitative estimate of drug-likeness (QED) is 0.600. The molecular formula is C22H23ClN4O3. The van der Waals surface area contributed by atoms with E-state index in [2.05, 4.69) is 15.0 Å². The Bertz CT molecular complexity index is 970. The number of rotatable bonds is 6. The lowest BCUT2D eigenvalue weighted by atomic mass is 10.2. The average molecular weight is 427 g/mol. The van der Waals surface area contributed by atoms with Crippen LogP contribution in [0.3, 0.4) is 0 Å². The molecule has 3 aromatic rings. The number of nitrogens with zero attached hydrogens (tertiary/aromatic N) is 4. The first-order chi connectivity index (χ1) is 14.6. The maximum atomic E-state index is 12.7. The number of amides is 1. The van der Waals surface area contributed by atoms with Crippen molar-refractivity contribution in [3.63, 3.8) is 0 Å². The summed E-state index contributed by atoms with van der Waals surface area (Å²) in [6.45, 7) is 5.10. The third kappa shape index (κ3) is 4.98. The maximum absolute atomic E-state index is 12.7. The van der Waals surface area contributed by atoms with E-state index >= 15 is 0 Å². The maximum Gasteiger partial charge on any atom is 0.263 e. The molecule has 1 saturated heterocycles. The fraction of sp³-hybridized carbons (Fsp3) is 0.318. The molecule has 1 aromatic heterocycles. The van der Waals surface area contributed by atoms with Crippen LogP contribution in [0.1, 0.15) is 12.8 Å². The molecule has 1 unspecified atom stereocenters. The molecule has 30 heavy (non-hydrogen) atoms. The summed E-state index contributed by atoms with van der Waals surface area (Å²) in [4.78, 5) is 21.2. The number of para-hydroxylation sites is 1. The summed E-state index contributed by atoms with van der Waals surface area (Å²) in [5.41, 5.74) is 0.859. The van der Waals surface area contributed by atoms with E-state index in [1.165, 1.54) is 0 Å². The van der Waals surface area contributed by atoms with Crippen LogP contribution in [0.4, 0.5) is 0 Å². The van der Waals surface area contributed by atoms with Gasteiger partial charge < -0.3 is 14.2 Å². The molecule has 1 amide bonds. The molecule has 0 spiro atoms. The van der Waals surface area contributed by atoms with Crippen LogP contribution in [0.15, 0.2) is 59.1 Å². The zero-order chi connectivity index (χ0) is 20.9. The van der Waals surface area contributed by atoms with Crippen LogP contribution >= 0.6 is 11.6 Å². The van der Waals surface area contributed by atoms with Crippen molar-refractivity contribution in [1.29, 1.82) is 0 Å². The van der Waals surface area contributed by atoms with Crippen LogP contribution in [0.2, 0.25) is 5.02 Å². The standard InChI is InChI=1S/C22H23ClN4O3/c1-16(29-19-5-3-2-4-6-19)22(28)27-13-11-26(12-14-27)15-20-24-21(25-30-20)17-7-9-18(23)10-8-17/h2-10,16H,11-15H2,1H3. The Morgan fingerprint density at radius 2 is 1.80 bits per heavy atom. The minimum atomic E-state index is -0.517. The summed E-state index contributed by atoms with van der Waals surface area (Å²) < 4.78 is 11.2. The molecule has 156 valence electrons. The second-order valence-electron chi connectivity index (χ2n) is 7.19. The van der Waals surface area contributed by atoms with E-state index in [0.29, 0.717) is 42.1 Å². The van der Waals surface area contributed by atoms with Crippen LogP contribution < -0.4 is 4.74 Å². The van der Waals surface area contributed by atoms with E-state index in [4.69, 9.17) is 20.9 Å². The van der Waals surface area contributed by atoms with Gasteiger partial charge in [-0.15, -0.1) is 0 Å². The van der Waals surface area contributed by atoms with E-state index in [9.17, 15) is 4.79 Å². The third-order valence-corrected chi connectivity index (χ3v) is 5.27. The van der Waals surface area contributed by atoms with Crippen molar-refractivity contribution in [2.45, 2.75) is 19.6 Å². The minimum Gasteiger partial charge on any atom is -0.481 e. The van der Waals surface area contributed by atoms with Gasteiger partial charge in [0.15, 0.2) is 6.10 Å². The molecule has 1 fully saturated rings. The van der Waals surface area contributed by atoms with E-state index in [1.807, 2.05) is 47.4 Å². The molecule has 0 N–H and O–H groups in total. The van der Waals surface area contributed by atoms with Crippen molar-refractivity contribution >= 4 is 17.5 Å². The first kappa shape index (κ1) is 20.4. The van der Waals surface area contributed by atoms with Gasteiger partial charge in [0, 0.05) is 36.8 Å². The molecule has 2 aromatic carbocycles. The van der Waals surface area contributed by atoms with Crippen LogP contribution in [0.5, 0.6) is 5.75 Å². The number of ether oxygens (including phenoxy) is 1. The van der Waals surface area contributed by atoms with E-state index in [0.717, 1.165) is 18.7 Å². The Morgan fingerprint density at radius 1 is 1.10 bits per heavy atom. The lowest BCUT2D eigenvalue weighted by Crippen LogP contribution is -2.51. The third-order valence-electron chi connectivity index (χ3n) is 5.02. The number of aromatic nitrogens is 2. The topological polar surface area (TPSA) is 71.7 Å². The van der Waals surface area contributed by atoms with Crippen LogP contribution in [-0.4, -0.2) is 58.1 Å². The summed E-state index contributed by atoms with van der Waals surface area (Å²) in [5.74, 6) is 1.80. The number of carbonyl (C=O) groups is 1. The number of benzene rings is 2. The van der Waals surface area contributed by atoms with Gasteiger partial charge in [-0.25, -0.2) is 0 Å². The van der Waals surface area contributed by atoms with E-state index in [1.54, 1.807) is 19.1 Å². The van der Waals surface area contributed by atoms with Gasteiger partial charge in [0.1, 0.15) is 5.75 Å². The second kappa shape index (κ2) is 9.28. The molecule has 7 nitrogen and oxygen atoms in total. The number of piperazine rings is 1. The Balaban J connectivity index is 1.27. The molecule has 1 atom stereocenters. The normalized spacial score (nSPS) is 15.7. The molecule has 2 heterocycles. The van der Waals surface area contributed by atoms with Crippen molar-refractivity contribution in [2.75, 3.05) is 26.2 Å². The van der Waals surface area contributed by atoms with Crippen molar-refractivity contribution in [3.05, 3.63) is 65.5 Å². The Hall–Kier alpha value is -2.90. The Morgan fingerprint density at radius 3 is 2.50 bits per heavy atom. The predicted molar refractivity (Wildman–Crippen MR) is 113 cm³/mol. The summed E-state index contributed by atoms with van der Waals surface area (Å²) >= 11 is 5.92. The smallest absolute Gasteiger partial charge is 0.263 e. The van der Waals surface area contributed by atoms with Gasteiger partial charge in [-0.05, 0) is 43.3 Å². The second-order valence-corrected chi connectivity index (χ2v) is 7.63. The summed E-state index contributed by atoms with van der Waals surface area (Å²) in [6, 6.07) is 16.7. The van der Waals surface area contributed by atoms with Crippen molar-refractivity contribution in [3.8, 4) is 17.1 Å². The first-order valence-electron chi connectivity index (χ1n) is 9.90. The van der Waals surface area contributed by atoms with Crippen LogP contribution in [0, 0.1) is 0 Å². The van der Waals surface area contributed by atoms with Gasteiger partial charge >= 0.3 is 0 Å². The van der Waals surface area contributed by atoms with Gasteiger partial charge in [-0.3, -0.25) is 9.69 Å². The fourth-order valence-electron chi connectivity index (χ4n) is 3.36. The highest BCUT2D eigenvalue weighted by atomic mass is 35.5. The van der Waals surface area contributed by atoms with Gasteiger partial charge in [0.25, 0.3) is 5.91 Å². The molecule has 0 aliphatic carbocycles. The predicted octanol–water partition coefficient (Wildman–Crippen LogP) is 3.50. The molecule has 0 saturated carbocycles. The Kier molecular flexibility index (Phi) is 6.30. The van der Waals surface area contributed by atoms with Crippen LogP contribution in [0.25, 0.3) is 11.4 Å². The van der Waals surface area contributed by atoms with Gasteiger partial charge in [-0.2, -0.15) is 4.98 Å². The van der Waals surface area contributed by atoms with Gasteiger partial charge in [0.2, 0.25) is 11.7 Å². The molecule has 0 radical (unpaired) electrons. The van der Waals surface area contributed by atoms with Crippen molar-refractivity contribution in [1.82, 2.24) is 19.9 Å². The summed E-state index contributed by atoms with van der Waals surface area (Å²) in [5, 5.41) is 4.72. The van der Waals surface area contributed by atoms with Crippen LogP contribution in [-0.2, 0) is 11.3 Å². The fourth-order valence-corrected chi connectivity index (χ4v) is 3.49. The highest BCUT2D eigenvalue weighted by Crippen LogP contribution is 2.19. The molecule has 1 aliphatic heterocycles. The number of hydrogen-bond donors (Lipinski definition) is 0. The summed E-state index contributed by atoms with van der Waals surface area (Å²) in [7, 11) is 0. The number of carbonyl (C=O) groups excluding carboxylic acids is 1. The average Bonchev–Trinajstić information content (AvgIpc) is 3.23. The zero-order valence-electron chi connectivity index (χ0n) is 16.7. The monoisotopic (exact) mass is 426 g/mol. The van der Waals surface area contributed by atoms with Gasteiger partial charge in [-0.1, -0.05) is 35.0 Å². The largest absolute Gasteiger partial charge is 0.481 e. The summed E-state index contributed by atoms with van der Waals surface area (Å²) in [6.07, 6.45) is -0.517. The minimum absolute atomic E-state index is 0.00122. The molecule has 1 aliphatic rings. The molecule has 8 heteroatoms. The highest BCUT2D eigenvalue weighted by molar-refractivity contribution is 6.30. The van der Waals surface area contributed by atoms with Crippen molar-refractivity contribution < 1.29 is 14.1 Å². The van der Waals surface area contributed by atoms with Crippen molar-refractivity contribution in [2.24, 2.45) is 0 Å². The highest BCUT2D eigenvalue weighted by Gasteiger charge is 2.26. The lowest BCUT2D eigenvalue weighted by Gasteiger charge is -2.35. The Labute approximate surface area is 180 Å².